The summed E-state index contributed by atoms with van der Waals surface area (Å²) < 4.78 is 19.7. The molecule has 6 heteroatoms. The van der Waals surface area contributed by atoms with Gasteiger partial charge in [0.25, 0.3) is 5.56 Å². The lowest BCUT2D eigenvalue weighted by Crippen LogP contribution is -2.33. The Morgan fingerprint density at radius 1 is 1.60 bits per heavy atom. The van der Waals surface area contributed by atoms with Crippen LogP contribution in [0.4, 0.5) is 4.39 Å². The topological polar surface area (TPSA) is 64.1 Å². The van der Waals surface area contributed by atoms with Gasteiger partial charge in [0.1, 0.15) is 6.17 Å². The zero-order chi connectivity index (χ0) is 11.0. The Morgan fingerprint density at radius 3 is 2.87 bits per heavy atom. The van der Waals surface area contributed by atoms with Gasteiger partial charge in [-0.25, -0.2) is 9.18 Å². The first kappa shape index (κ1) is 10.1. The maximum Gasteiger partial charge on any atom is 0.330 e. The second kappa shape index (κ2) is 3.62. The van der Waals surface area contributed by atoms with Gasteiger partial charge in [0, 0.05) is 18.7 Å². The highest BCUT2D eigenvalue weighted by Gasteiger charge is 2.34. The molecule has 5 nitrogen and oxygen atoms in total. The average Bonchev–Trinajstić information content (AvgIpc) is 2.45. The summed E-state index contributed by atoms with van der Waals surface area (Å²) in [5.41, 5.74) is -1.15. The molecular weight excluding hydrogens is 203 g/mol. The molecule has 1 aromatic rings. The summed E-state index contributed by atoms with van der Waals surface area (Å²) in [7, 11) is 0. The standard InChI is InChI=1S/C9H11FN2O3/c1-5-4-6(10)8(15-5)12-3-2-7(13)11-9(12)14/h2-3,5-6,8H,4H2,1H3,(H,11,13,14). The van der Waals surface area contributed by atoms with Gasteiger partial charge in [-0.15, -0.1) is 0 Å². The molecule has 1 saturated heterocycles. The number of H-pyrrole nitrogens is 1. The molecule has 1 fully saturated rings. The molecule has 1 aromatic heterocycles. The Morgan fingerprint density at radius 2 is 2.33 bits per heavy atom. The van der Waals surface area contributed by atoms with E-state index in [1.54, 1.807) is 6.92 Å². The Bertz CT molecular complexity index is 467. The molecule has 1 aliphatic heterocycles. The Balaban J connectivity index is 2.38. The number of nitrogens with one attached hydrogen (secondary N) is 1. The van der Waals surface area contributed by atoms with E-state index < -0.39 is 23.6 Å². The maximum absolute atomic E-state index is 13.4. The Labute approximate surface area is 84.5 Å². The Hall–Kier alpha value is -1.43. The van der Waals surface area contributed by atoms with E-state index in [2.05, 4.69) is 4.98 Å². The lowest BCUT2D eigenvalue weighted by atomic mass is 10.2. The normalized spacial score (nSPS) is 30.7. The van der Waals surface area contributed by atoms with Crippen molar-refractivity contribution >= 4 is 0 Å². The molecule has 2 rings (SSSR count). The van der Waals surface area contributed by atoms with E-state index in [0.29, 0.717) is 0 Å². The van der Waals surface area contributed by atoms with Gasteiger partial charge in [-0.2, -0.15) is 0 Å². The highest BCUT2D eigenvalue weighted by Crippen LogP contribution is 2.29. The van der Waals surface area contributed by atoms with E-state index in [0.717, 1.165) is 4.57 Å². The fourth-order valence-corrected chi connectivity index (χ4v) is 1.68. The summed E-state index contributed by atoms with van der Waals surface area (Å²) in [6.45, 7) is 1.74. The van der Waals surface area contributed by atoms with Crippen LogP contribution < -0.4 is 11.2 Å². The van der Waals surface area contributed by atoms with Crippen LogP contribution in [0.5, 0.6) is 0 Å². The van der Waals surface area contributed by atoms with E-state index >= 15 is 0 Å². The molecule has 3 unspecified atom stereocenters. The van der Waals surface area contributed by atoms with Gasteiger partial charge in [-0.3, -0.25) is 14.3 Å². The second-order valence-corrected chi connectivity index (χ2v) is 3.61. The van der Waals surface area contributed by atoms with Crippen molar-refractivity contribution in [3.8, 4) is 0 Å². The number of ether oxygens (including phenoxy) is 1. The predicted molar refractivity (Wildman–Crippen MR) is 50.4 cm³/mol. The van der Waals surface area contributed by atoms with Crippen molar-refractivity contribution in [2.75, 3.05) is 0 Å². The first-order valence-electron chi connectivity index (χ1n) is 4.69. The van der Waals surface area contributed by atoms with Gasteiger partial charge in [0.2, 0.25) is 0 Å². The van der Waals surface area contributed by atoms with Crippen molar-refractivity contribution in [3.05, 3.63) is 33.1 Å². The van der Waals surface area contributed by atoms with Crippen molar-refractivity contribution < 1.29 is 9.13 Å². The molecule has 1 N–H and O–H groups in total. The third kappa shape index (κ3) is 1.85. The number of alkyl halides is 1. The minimum Gasteiger partial charge on any atom is -0.352 e. The van der Waals surface area contributed by atoms with Gasteiger partial charge in [0.15, 0.2) is 6.23 Å². The van der Waals surface area contributed by atoms with Crippen LogP contribution in [0.2, 0.25) is 0 Å². The Kier molecular flexibility index (Phi) is 2.44. The summed E-state index contributed by atoms with van der Waals surface area (Å²) in [6.07, 6.45) is -0.857. The minimum atomic E-state index is -1.22. The summed E-state index contributed by atoms with van der Waals surface area (Å²) in [5, 5.41) is 0. The number of halogens is 1. The summed E-state index contributed by atoms with van der Waals surface area (Å²) >= 11 is 0. The number of aromatic amines is 1. The largest absolute Gasteiger partial charge is 0.352 e. The zero-order valence-electron chi connectivity index (χ0n) is 8.14. The summed E-state index contributed by atoms with van der Waals surface area (Å²) in [4.78, 5) is 24.2. The zero-order valence-corrected chi connectivity index (χ0v) is 8.14. The number of hydrogen-bond donors (Lipinski definition) is 1. The monoisotopic (exact) mass is 214 g/mol. The highest BCUT2D eigenvalue weighted by atomic mass is 19.1. The minimum absolute atomic E-state index is 0.219. The van der Waals surface area contributed by atoms with Crippen LogP contribution in [0.25, 0.3) is 0 Å². The van der Waals surface area contributed by atoms with Gasteiger partial charge in [0.05, 0.1) is 6.10 Å². The lowest BCUT2D eigenvalue weighted by Gasteiger charge is -2.14. The van der Waals surface area contributed by atoms with Crippen molar-refractivity contribution in [3.63, 3.8) is 0 Å². The third-order valence-corrected chi connectivity index (χ3v) is 2.36. The molecule has 0 saturated carbocycles. The molecular formula is C9H11FN2O3. The van der Waals surface area contributed by atoms with Crippen LogP contribution in [-0.2, 0) is 4.74 Å². The van der Waals surface area contributed by atoms with Gasteiger partial charge >= 0.3 is 5.69 Å². The lowest BCUT2D eigenvalue weighted by molar-refractivity contribution is -0.0147. The van der Waals surface area contributed by atoms with Crippen molar-refractivity contribution in [2.24, 2.45) is 0 Å². The molecule has 0 aromatic carbocycles. The van der Waals surface area contributed by atoms with E-state index in [4.69, 9.17) is 4.74 Å². The molecule has 1 aliphatic rings. The number of rotatable bonds is 1. The van der Waals surface area contributed by atoms with Crippen LogP contribution in [0, 0.1) is 0 Å². The maximum atomic E-state index is 13.4. The molecule has 0 amide bonds. The van der Waals surface area contributed by atoms with E-state index in [-0.39, 0.29) is 12.5 Å². The van der Waals surface area contributed by atoms with Crippen molar-refractivity contribution in [2.45, 2.75) is 31.8 Å². The van der Waals surface area contributed by atoms with Gasteiger partial charge in [-0.05, 0) is 6.92 Å². The molecule has 0 aliphatic carbocycles. The first-order chi connectivity index (χ1) is 7.08. The molecule has 0 radical (unpaired) electrons. The molecule has 82 valence electrons. The van der Waals surface area contributed by atoms with Crippen LogP contribution in [0.15, 0.2) is 21.9 Å². The molecule has 15 heavy (non-hydrogen) atoms. The van der Waals surface area contributed by atoms with Crippen LogP contribution in [-0.4, -0.2) is 21.8 Å². The second-order valence-electron chi connectivity index (χ2n) is 3.61. The van der Waals surface area contributed by atoms with Crippen LogP contribution in [0.1, 0.15) is 19.6 Å². The predicted octanol–water partition coefficient (Wildman–Crippen LogP) is 0.182. The van der Waals surface area contributed by atoms with E-state index in [1.165, 1.54) is 12.3 Å². The summed E-state index contributed by atoms with van der Waals surface area (Å²) in [6, 6.07) is 1.17. The van der Waals surface area contributed by atoms with Gasteiger partial charge < -0.3 is 4.74 Å². The van der Waals surface area contributed by atoms with Crippen LogP contribution >= 0.6 is 0 Å². The SMILES string of the molecule is CC1CC(F)C(n2ccc(=O)[nH]c2=O)O1. The molecule has 2 heterocycles. The fraction of sp³-hybridized carbons (Fsp3) is 0.556. The quantitative estimate of drug-likeness (QED) is 0.725. The summed E-state index contributed by atoms with van der Waals surface area (Å²) in [5.74, 6) is 0. The fourth-order valence-electron chi connectivity index (χ4n) is 1.68. The average molecular weight is 214 g/mol. The molecule has 0 spiro atoms. The van der Waals surface area contributed by atoms with Gasteiger partial charge in [-0.1, -0.05) is 0 Å². The van der Waals surface area contributed by atoms with E-state index in [1.807, 2.05) is 0 Å². The number of hydrogen-bond acceptors (Lipinski definition) is 3. The number of aromatic nitrogens is 2. The van der Waals surface area contributed by atoms with Crippen LogP contribution in [0.3, 0.4) is 0 Å². The number of nitrogens with zero attached hydrogens (tertiary/aromatic N) is 1. The smallest absolute Gasteiger partial charge is 0.330 e. The first-order valence-corrected chi connectivity index (χ1v) is 4.69. The molecule has 3 atom stereocenters. The van der Waals surface area contributed by atoms with Crippen molar-refractivity contribution in [1.29, 1.82) is 0 Å². The van der Waals surface area contributed by atoms with Crippen molar-refractivity contribution in [1.82, 2.24) is 9.55 Å². The molecule has 0 bridgehead atoms. The highest BCUT2D eigenvalue weighted by molar-refractivity contribution is 4.88. The van der Waals surface area contributed by atoms with E-state index in [9.17, 15) is 14.0 Å². The third-order valence-electron chi connectivity index (χ3n) is 2.36.